The molecule has 1 aliphatic heterocycles. The van der Waals surface area contributed by atoms with Crippen LogP contribution in [0.15, 0.2) is 59.0 Å². The van der Waals surface area contributed by atoms with Gasteiger partial charge < -0.3 is 14.7 Å². The second-order valence-corrected chi connectivity index (χ2v) is 10.2. The molecule has 1 atom stereocenters. The van der Waals surface area contributed by atoms with E-state index in [4.69, 9.17) is 4.74 Å². The molecule has 0 aromatic heterocycles. The first-order valence-corrected chi connectivity index (χ1v) is 13.1. The highest BCUT2D eigenvalue weighted by atomic mass is 32.2. The Balaban J connectivity index is 2.12. The highest BCUT2D eigenvalue weighted by Crippen LogP contribution is 2.40. The molecule has 0 bridgehead atoms. The van der Waals surface area contributed by atoms with Crippen molar-refractivity contribution in [3.05, 3.63) is 75.3 Å². The maximum atomic E-state index is 13.1. The summed E-state index contributed by atoms with van der Waals surface area (Å²) in [6.07, 6.45) is 0.396. The zero-order valence-corrected chi connectivity index (χ0v) is 21.6. The third kappa shape index (κ3) is 5.55. The summed E-state index contributed by atoms with van der Waals surface area (Å²) >= 11 is 0. The van der Waals surface area contributed by atoms with Crippen LogP contribution >= 0.6 is 0 Å². The number of Topliss-reactive ketones (excluding diaryl/α,β-unsaturated/α-hetero) is 1. The van der Waals surface area contributed by atoms with Crippen LogP contribution in [0.3, 0.4) is 0 Å². The Morgan fingerprint density at radius 1 is 1.14 bits per heavy atom. The summed E-state index contributed by atoms with van der Waals surface area (Å²) in [7, 11) is -2.24. The van der Waals surface area contributed by atoms with Crippen molar-refractivity contribution < 1.29 is 32.8 Å². The molecule has 198 valence electrons. The van der Waals surface area contributed by atoms with E-state index in [1.165, 1.54) is 58.8 Å². The average molecular weight is 532 g/mol. The van der Waals surface area contributed by atoms with Gasteiger partial charge >= 0.3 is 0 Å². The molecular weight excluding hydrogens is 502 g/mol. The van der Waals surface area contributed by atoms with Crippen molar-refractivity contribution in [2.24, 2.45) is 0 Å². The van der Waals surface area contributed by atoms with E-state index in [0.29, 0.717) is 13.0 Å². The summed E-state index contributed by atoms with van der Waals surface area (Å²) in [5.41, 5.74) is -0.0508. The standard InChI is InChI=1S/C25H29N3O8S/c1-4-26(5-2)37(34,35)20-12-10-17(11-13-20)23(29)21-22(18-8-6-9-19(16-18)28(32)33)27(14-7-15-36-3)25(31)24(21)30/h6,8-13,16,22,29H,4-5,7,14-15H2,1-3H3. The second kappa shape index (κ2) is 11.6. The summed E-state index contributed by atoms with van der Waals surface area (Å²) in [5, 5.41) is 22.5. The number of benzene rings is 2. The topological polar surface area (TPSA) is 147 Å². The minimum atomic E-state index is -3.74. The zero-order valence-electron chi connectivity index (χ0n) is 20.8. The number of hydrogen-bond acceptors (Lipinski definition) is 8. The van der Waals surface area contributed by atoms with Gasteiger partial charge in [0.15, 0.2) is 0 Å². The minimum Gasteiger partial charge on any atom is -0.507 e. The van der Waals surface area contributed by atoms with Gasteiger partial charge in [0.05, 0.1) is 21.4 Å². The number of nitro benzene ring substituents is 1. The number of rotatable bonds is 11. The van der Waals surface area contributed by atoms with Crippen LogP contribution in [0.4, 0.5) is 5.69 Å². The first-order chi connectivity index (χ1) is 17.6. The lowest BCUT2D eigenvalue weighted by atomic mass is 9.95. The number of carbonyl (C=O) groups is 2. The first kappa shape index (κ1) is 28.0. The highest BCUT2D eigenvalue weighted by molar-refractivity contribution is 7.89. The molecule has 12 heteroatoms. The number of non-ortho nitro benzene ring substituents is 1. The largest absolute Gasteiger partial charge is 0.507 e. The van der Waals surface area contributed by atoms with Gasteiger partial charge in [-0.1, -0.05) is 26.0 Å². The number of ketones is 1. The lowest BCUT2D eigenvalue weighted by Gasteiger charge is -2.25. The molecular formula is C25H29N3O8S. The normalized spacial score (nSPS) is 17.5. The molecule has 2 aromatic carbocycles. The van der Waals surface area contributed by atoms with Crippen LogP contribution in [0, 0.1) is 10.1 Å². The van der Waals surface area contributed by atoms with Crippen LogP contribution in [0.1, 0.15) is 37.4 Å². The maximum absolute atomic E-state index is 13.1. The van der Waals surface area contributed by atoms with Crippen LogP contribution < -0.4 is 0 Å². The van der Waals surface area contributed by atoms with Crippen LogP contribution in [-0.2, 0) is 24.3 Å². The fraction of sp³-hybridized carbons (Fsp3) is 0.360. The molecule has 1 fully saturated rings. The molecule has 1 heterocycles. The number of likely N-dealkylation sites (tertiary alicyclic amines) is 1. The van der Waals surface area contributed by atoms with Crippen molar-refractivity contribution in [1.29, 1.82) is 0 Å². The van der Waals surface area contributed by atoms with Crippen molar-refractivity contribution in [3.63, 3.8) is 0 Å². The average Bonchev–Trinajstić information content (AvgIpc) is 3.14. The monoisotopic (exact) mass is 531 g/mol. The quantitative estimate of drug-likeness (QED) is 0.116. The number of nitro groups is 1. The van der Waals surface area contributed by atoms with E-state index in [0.717, 1.165) is 0 Å². The summed E-state index contributed by atoms with van der Waals surface area (Å²) in [4.78, 5) is 38.1. The molecule has 3 rings (SSSR count). The lowest BCUT2D eigenvalue weighted by molar-refractivity contribution is -0.384. The van der Waals surface area contributed by atoms with Crippen molar-refractivity contribution in [2.45, 2.75) is 31.2 Å². The first-order valence-electron chi connectivity index (χ1n) is 11.7. The third-order valence-corrected chi connectivity index (χ3v) is 8.22. The molecule has 11 nitrogen and oxygen atoms in total. The zero-order chi connectivity index (χ0) is 27.3. The fourth-order valence-corrected chi connectivity index (χ4v) is 5.76. The van der Waals surface area contributed by atoms with E-state index in [-0.39, 0.29) is 46.9 Å². The Morgan fingerprint density at radius 2 is 1.78 bits per heavy atom. The van der Waals surface area contributed by atoms with Gasteiger partial charge in [0.1, 0.15) is 5.76 Å². The van der Waals surface area contributed by atoms with E-state index < -0.39 is 38.4 Å². The van der Waals surface area contributed by atoms with Gasteiger partial charge in [0, 0.05) is 51.0 Å². The number of aliphatic hydroxyl groups is 1. The van der Waals surface area contributed by atoms with Crippen molar-refractivity contribution in [1.82, 2.24) is 9.21 Å². The van der Waals surface area contributed by atoms with Crippen LogP contribution in [0.2, 0.25) is 0 Å². The van der Waals surface area contributed by atoms with E-state index in [1.54, 1.807) is 19.9 Å². The van der Waals surface area contributed by atoms with Gasteiger partial charge in [-0.05, 0) is 36.2 Å². The molecule has 1 amide bonds. The fourth-order valence-electron chi connectivity index (χ4n) is 4.30. The number of sulfonamides is 1. The van der Waals surface area contributed by atoms with E-state index in [2.05, 4.69) is 0 Å². The second-order valence-electron chi connectivity index (χ2n) is 8.30. The number of carbonyl (C=O) groups excluding carboxylic acids is 2. The lowest BCUT2D eigenvalue weighted by Crippen LogP contribution is -2.31. The van der Waals surface area contributed by atoms with Crippen molar-refractivity contribution in [3.8, 4) is 0 Å². The predicted molar refractivity (Wildman–Crippen MR) is 135 cm³/mol. The van der Waals surface area contributed by atoms with Crippen LogP contribution in [0.5, 0.6) is 0 Å². The van der Waals surface area contributed by atoms with Crippen molar-refractivity contribution >= 4 is 33.2 Å². The summed E-state index contributed by atoms with van der Waals surface area (Å²) < 4.78 is 31.9. The predicted octanol–water partition coefficient (Wildman–Crippen LogP) is 3.08. The molecule has 37 heavy (non-hydrogen) atoms. The molecule has 1 unspecified atom stereocenters. The summed E-state index contributed by atoms with van der Waals surface area (Å²) in [6, 6.07) is 9.80. The van der Waals surface area contributed by atoms with E-state index >= 15 is 0 Å². The molecule has 2 aromatic rings. The van der Waals surface area contributed by atoms with Gasteiger partial charge in [0.2, 0.25) is 10.0 Å². The SMILES string of the molecule is CCN(CC)S(=O)(=O)c1ccc(C(O)=C2C(=O)C(=O)N(CCCOC)C2c2cccc([N+](=O)[O-])c2)cc1. The summed E-state index contributed by atoms with van der Waals surface area (Å²) in [6.45, 7) is 4.45. The molecule has 1 saturated heterocycles. The van der Waals surface area contributed by atoms with Crippen LogP contribution in [0.25, 0.3) is 5.76 Å². The highest BCUT2D eigenvalue weighted by Gasteiger charge is 2.46. The van der Waals surface area contributed by atoms with Gasteiger partial charge in [-0.2, -0.15) is 4.31 Å². The van der Waals surface area contributed by atoms with Crippen molar-refractivity contribution in [2.75, 3.05) is 33.4 Å². The molecule has 0 saturated carbocycles. The number of ether oxygens (including phenoxy) is 1. The van der Waals surface area contributed by atoms with Gasteiger partial charge in [-0.3, -0.25) is 19.7 Å². The number of amides is 1. The molecule has 1 aliphatic rings. The number of aliphatic hydroxyl groups excluding tert-OH is 1. The van der Waals surface area contributed by atoms with Gasteiger partial charge in [-0.15, -0.1) is 0 Å². The Bertz CT molecular complexity index is 1320. The van der Waals surface area contributed by atoms with Gasteiger partial charge in [-0.25, -0.2) is 8.42 Å². The van der Waals surface area contributed by atoms with E-state index in [9.17, 15) is 33.2 Å². The smallest absolute Gasteiger partial charge is 0.295 e. The third-order valence-electron chi connectivity index (χ3n) is 6.16. The Kier molecular flexibility index (Phi) is 8.79. The molecule has 0 spiro atoms. The minimum absolute atomic E-state index is 0.0167. The summed E-state index contributed by atoms with van der Waals surface area (Å²) in [5.74, 6) is -2.29. The maximum Gasteiger partial charge on any atom is 0.295 e. The van der Waals surface area contributed by atoms with E-state index in [1.807, 2.05) is 0 Å². The number of hydrogen-bond donors (Lipinski definition) is 1. The molecule has 0 aliphatic carbocycles. The van der Waals surface area contributed by atoms with Crippen LogP contribution in [-0.4, -0.2) is 72.7 Å². The molecule has 0 radical (unpaired) electrons. The number of methoxy groups -OCH3 is 1. The Labute approximate surface area is 215 Å². The molecule has 1 N–H and O–H groups in total. The number of nitrogens with zero attached hydrogens (tertiary/aromatic N) is 3. The Morgan fingerprint density at radius 3 is 2.35 bits per heavy atom. The van der Waals surface area contributed by atoms with Gasteiger partial charge in [0.25, 0.3) is 17.4 Å². The Hall–Kier alpha value is -3.61.